The molecule has 148 valence electrons. The summed E-state index contributed by atoms with van der Waals surface area (Å²) < 4.78 is 37.7. The Morgan fingerprint density at radius 1 is 0.852 bits per heavy atom. The van der Waals surface area contributed by atoms with Gasteiger partial charge in [0.1, 0.15) is 24.7 Å². The maximum absolute atomic E-state index is 11.8. The molecule has 0 spiro atoms. The molecule has 0 heterocycles. The molecule has 0 aliphatic heterocycles. The Kier molecular flexibility index (Phi) is 7.68. The molecule has 0 saturated carbocycles. The topological polar surface area (TPSA) is 64.6 Å². The highest BCUT2D eigenvalue weighted by Crippen LogP contribution is 2.19. The predicted molar refractivity (Wildman–Crippen MR) is 109 cm³/mol. The minimum atomic E-state index is -3.24. The Balaban J connectivity index is 1.76. The fraction of sp³-hybridized carbons (Fsp3) is 0.429. The summed E-state index contributed by atoms with van der Waals surface area (Å²) in [6.07, 6.45) is 0. The van der Waals surface area contributed by atoms with Crippen LogP contribution in [0.25, 0.3) is 0 Å². The molecule has 1 N–H and O–H groups in total. The highest BCUT2D eigenvalue weighted by molar-refractivity contribution is 7.90. The summed E-state index contributed by atoms with van der Waals surface area (Å²) in [5, 5.41) is -0.428. The minimum Gasteiger partial charge on any atom is -0.490 e. The second-order valence-corrected chi connectivity index (χ2v) is 9.24. The summed E-state index contributed by atoms with van der Waals surface area (Å²) in [5.74, 6) is 1.68. The predicted octanol–water partition coefficient (Wildman–Crippen LogP) is 3.88. The van der Waals surface area contributed by atoms with Gasteiger partial charge >= 0.3 is 0 Å². The average molecular weight is 392 g/mol. The van der Waals surface area contributed by atoms with Gasteiger partial charge in [0.25, 0.3) is 0 Å². The van der Waals surface area contributed by atoms with Gasteiger partial charge in [0.2, 0.25) is 10.0 Å². The normalized spacial score (nSPS) is 12.8. The summed E-state index contributed by atoms with van der Waals surface area (Å²) in [6, 6.07) is 15.6. The van der Waals surface area contributed by atoms with Crippen LogP contribution in [0.1, 0.15) is 37.8 Å². The van der Waals surface area contributed by atoms with Crippen LogP contribution in [-0.2, 0) is 10.0 Å². The second kappa shape index (κ2) is 9.76. The highest BCUT2D eigenvalue weighted by Gasteiger charge is 2.17. The van der Waals surface area contributed by atoms with Crippen LogP contribution in [0, 0.1) is 6.92 Å². The third-order valence-corrected chi connectivity index (χ3v) is 6.11. The molecular weight excluding hydrogens is 362 g/mol. The SMILES string of the molecule is Cc1ccc(OCCOc2ccc(C(C)CNS(=O)(=O)C(C)C)cc2)cc1. The Morgan fingerprint density at radius 3 is 1.81 bits per heavy atom. The molecule has 0 aromatic heterocycles. The van der Waals surface area contributed by atoms with Gasteiger partial charge in [-0.05, 0) is 56.5 Å². The first-order valence-corrected chi connectivity index (χ1v) is 10.7. The molecule has 0 fully saturated rings. The molecule has 2 rings (SSSR count). The van der Waals surface area contributed by atoms with Crippen LogP contribution in [0.5, 0.6) is 11.5 Å². The van der Waals surface area contributed by atoms with E-state index < -0.39 is 15.3 Å². The molecule has 0 aliphatic rings. The van der Waals surface area contributed by atoms with Crippen molar-refractivity contribution >= 4 is 10.0 Å². The van der Waals surface area contributed by atoms with E-state index >= 15 is 0 Å². The van der Waals surface area contributed by atoms with Gasteiger partial charge in [-0.15, -0.1) is 0 Å². The van der Waals surface area contributed by atoms with Crippen LogP contribution in [0.2, 0.25) is 0 Å². The molecule has 0 saturated heterocycles. The molecule has 0 radical (unpaired) electrons. The number of sulfonamides is 1. The van der Waals surface area contributed by atoms with Crippen molar-refractivity contribution in [2.75, 3.05) is 19.8 Å². The first-order valence-electron chi connectivity index (χ1n) is 9.18. The number of hydrogen-bond acceptors (Lipinski definition) is 4. The number of nitrogens with one attached hydrogen (secondary N) is 1. The zero-order valence-electron chi connectivity index (χ0n) is 16.4. The van der Waals surface area contributed by atoms with Crippen LogP contribution < -0.4 is 14.2 Å². The van der Waals surface area contributed by atoms with Crippen LogP contribution >= 0.6 is 0 Å². The van der Waals surface area contributed by atoms with Crippen LogP contribution in [-0.4, -0.2) is 33.4 Å². The van der Waals surface area contributed by atoms with E-state index in [1.165, 1.54) is 5.56 Å². The van der Waals surface area contributed by atoms with E-state index in [9.17, 15) is 8.42 Å². The van der Waals surface area contributed by atoms with E-state index in [0.29, 0.717) is 19.8 Å². The van der Waals surface area contributed by atoms with Crippen molar-refractivity contribution in [3.8, 4) is 11.5 Å². The van der Waals surface area contributed by atoms with E-state index in [4.69, 9.17) is 9.47 Å². The summed E-state index contributed by atoms with van der Waals surface area (Å²) in [6.45, 7) is 8.68. The summed E-state index contributed by atoms with van der Waals surface area (Å²) >= 11 is 0. The van der Waals surface area contributed by atoms with E-state index in [0.717, 1.165) is 17.1 Å². The second-order valence-electron chi connectivity index (χ2n) is 6.92. The molecular formula is C21H29NO4S. The molecule has 2 aromatic carbocycles. The van der Waals surface area contributed by atoms with Gasteiger partial charge in [-0.2, -0.15) is 0 Å². The maximum atomic E-state index is 11.8. The molecule has 5 nitrogen and oxygen atoms in total. The molecule has 1 atom stereocenters. The first-order chi connectivity index (χ1) is 12.8. The zero-order valence-corrected chi connectivity index (χ0v) is 17.3. The smallest absolute Gasteiger partial charge is 0.213 e. The van der Waals surface area contributed by atoms with E-state index in [2.05, 4.69) is 4.72 Å². The number of ether oxygens (including phenoxy) is 2. The number of hydrogen-bond donors (Lipinski definition) is 1. The highest BCUT2D eigenvalue weighted by atomic mass is 32.2. The fourth-order valence-electron chi connectivity index (χ4n) is 2.37. The molecule has 2 aromatic rings. The first kappa shape index (κ1) is 21.3. The van der Waals surface area contributed by atoms with Crippen molar-refractivity contribution in [3.63, 3.8) is 0 Å². The van der Waals surface area contributed by atoms with E-state index in [-0.39, 0.29) is 5.92 Å². The molecule has 0 bridgehead atoms. The van der Waals surface area contributed by atoms with Gasteiger partial charge in [-0.1, -0.05) is 36.8 Å². The maximum Gasteiger partial charge on any atom is 0.213 e. The number of benzene rings is 2. The van der Waals surface area contributed by atoms with Crippen molar-refractivity contribution in [1.82, 2.24) is 4.72 Å². The summed E-state index contributed by atoms with van der Waals surface area (Å²) in [4.78, 5) is 0. The van der Waals surface area contributed by atoms with Crippen molar-refractivity contribution in [1.29, 1.82) is 0 Å². The van der Waals surface area contributed by atoms with Gasteiger partial charge in [-0.3, -0.25) is 0 Å². The standard InChI is InChI=1S/C21H29NO4S/c1-16(2)27(23,24)22-15-18(4)19-7-11-21(12-8-19)26-14-13-25-20-9-5-17(3)6-10-20/h5-12,16,18,22H,13-15H2,1-4H3. The number of rotatable bonds is 10. The van der Waals surface area contributed by atoms with Crippen molar-refractivity contribution in [2.45, 2.75) is 38.9 Å². The van der Waals surface area contributed by atoms with Gasteiger partial charge in [-0.25, -0.2) is 13.1 Å². The Labute approximate surface area is 162 Å². The summed E-state index contributed by atoms with van der Waals surface area (Å²) in [5.41, 5.74) is 2.26. The Bertz CT molecular complexity index is 799. The number of aryl methyl sites for hydroxylation is 1. The molecule has 1 unspecified atom stereocenters. The molecule has 0 amide bonds. The summed E-state index contributed by atoms with van der Waals surface area (Å²) in [7, 11) is -3.24. The minimum absolute atomic E-state index is 0.0810. The van der Waals surface area contributed by atoms with E-state index in [1.54, 1.807) is 13.8 Å². The van der Waals surface area contributed by atoms with E-state index in [1.807, 2.05) is 62.4 Å². The lowest BCUT2D eigenvalue weighted by molar-refractivity contribution is 0.217. The lowest BCUT2D eigenvalue weighted by atomic mass is 10.0. The van der Waals surface area contributed by atoms with Crippen molar-refractivity contribution < 1.29 is 17.9 Å². The van der Waals surface area contributed by atoms with Crippen LogP contribution in [0.4, 0.5) is 0 Å². The third-order valence-electron chi connectivity index (χ3n) is 4.30. The largest absolute Gasteiger partial charge is 0.490 e. The Hall–Kier alpha value is -2.05. The van der Waals surface area contributed by atoms with Crippen LogP contribution in [0.15, 0.2) is 48.5 Å². The Morgan fingerprint density at radius 2 is 1.33 bits per heavy atom. The lowest BCUT2D eigenvalue weighted by Gasteiger charge is -2.15. The van der Waals surface area contributed by atoms with Gasteiger partial charge in [0.15, 0.2) is 0 Å². The van der Waals surface area contributed by atoms with Gasteiger partial charge in [0.05, 0.1) is 5.25 Å². The molecule has 0 aliphatic carbocycles. The van der Waals surface area contributed by atoms with Crippen LogP contribution in [0.3, 0.4) is 0 Å². The van der Waals surface area contributed by atoms with Gasteiger partial charge < -0.3 is 9.47 Å². The molecule has 27 heavy (non-hydrogen) atoms. The van der Waals surface area contributed by atoms with Crippen molar-refractivity contribution in [3.05, 3.63) is 59.7 Å². The third kappa shape index (κ3) is 6.88. The average Bonchev–Trinajstić information content (AvgIpc) is 2.65. The lowest BCUT2D eigenvalue weighted by Crippen LogP contribution is -2.33. The monoisotopic (exact) mass is 391 g/mol. The quantitative estimate of drug-likeness (QED) is 0.624. The fourth-order valence-corrected chi connectivity index (χ4v) is 3.19. The van der Waals surface area contributed by atoms with Gasteiger partial charge in [0, 0.05) is 6.54 Å². The molecule has 6 heteroatoms. The van der Waals surface area contributed by atoms with Crippen molar-refractivity contribution in [2.24, 2.45) is 0 Å². The zero-order chi connectivity index (χ0) is 19.9.